The summed E-state index contributed by atoms with van der Waals surface area (Å²) in [5.41, 5.74) is 0. The summed E-state index contributed by atoms with van der Waals surface area (Å²) in [7, 11) is 0. The van der Waals surface area contributed by atoms with E-state index in [1.54, 1.807) is 11.0 Å². The van der Waals surface area contributed by atoms with E-state index >= 15 is 0 Å². The molecule has 1 saturated heterocycles. The van der Waals surface area contributed by atoms with E-state index < -0.39 is 17.8 Å². The summed E-state index contributed by atoms with van der Waals surface area (Å²) in [5.74, 6) is -1.47. The van der Waals surface area contributed by atoms with E-state index in [4.69, 9.17) is 4.84 Å². The quantitative estimate of drug-likeness (QED) is 0.506. The highest BCUT2D eigenvalue weighted by molar-refractivity contribution is 6.01. The first-order chi connectivity index (χ1) is 10.1. The van der Waals surface area contributed by atoms with Crippen molar-refractivity contribution in [1.29, 1.82) is 0 Å². The van der Waals surface area contributed by atoms with Gasteiger partial charge in [0.15, 0.2) is 0 Å². The SMILES string of the molecule is O=C(CCCCCN1CC=CC1=O)ON1C(=O)CCC1=O. The Kier molecular flexibility index (Phi) is 5.08. The van der Waals surface area contributed by atoms with Crippen LogP contribution in [0.1, 0.15) is 38.5 Å². The Hall–Kier alpha value is -2.18. The maximum atomic E-state index is 11.5. The van der Waals surface area contributed by atoms with Gasteiger partial charge in [-0.1, -0.05) is 12.5 Å². The fourth-order valence-electron chi connectivity index (χ4n) is 2.23. The third-order valence-corrected chi connectivity index (χ3v) is 3.41. The number of amides is 3. The molecule has 0 saturated carbocycles. The number of carbonyl (C=O) groups excluding carboxylic acids is 4. The van der Waals surface area contributed by atoms with Crippen molar-refractivity contribution >= 4 is 23.7 Å². The number of unbranched alkanes of at least 4 members (excludes halogenated alkanes) is 2. The van der Waals surface area contributed by atoms with Gasteiger partial charge in [-0.3, -0.25) is 14.4 Å². The minimum Gasteiger partial charge on any atom is -0.335 e. The van der Waals surface area contributed by atoms with Crippen molar-refractivity contribution in [2.45, 2.75) is 38.5 Å². The fourth-order valence-corrected chi connectivity index (χ4v) is 2.23. The van der Waals surface area contributed by atoms with Gasteiger partial charge < -0.3 is 9.74 Å². The summed E-state index contributed by atoms with van der Waals surface area (Å²) in [4.78, 5) is 51.8. The largest absolute Gasteiger partial charge is 0.335 e. The maximum Gasteiger partial charge on any atom is 0.333 e. The molecule has 2 aliphatic heterocycles. The molecule has 7 heteroatoms. The average Bonchev–Trinajstić information content (AvgIpc) is 2.99. The van der Waals surface area contributed by atoms with E-state index in [-0.39, 0.29) is 25.2 Å². The molecule has 0 atom stereocenters. The highest BCUT2D eigenvalue weighted by Crippen LogP contribution is 2.13. The Bertz CT molecular complexity index is 470. The number of nitrogens with zero attached hydrogens (tertiary/aromatic N) is 2. The summed E-state index contributed by atoms with van der Waals surface area (Å²) in [6.45, 7) is 1.32. The van der Waals surface area contributed by atoms with Crippen LogP contribution in [-0.4, -0.2) is 46.7 Å². The van der Waals surface area contributed by atoms with Gasteiger partial charge in [-0.05, 0) is 12.8 Å². The van der Waals surface area contributed by atoms with E-state index in [9.17, 15) is 19.2 Å². The number of rotatable bonds is 7. The Morgan fingerprint density at radius 2 is 1.81 bits per heavy atom. The van der Waals surface area contributed by atoms with Gasteiger partial charge >= 0.3 is 5.97 Å². The minimum absolute atomic E-state index is 0.0282. The van der Waals surface area contributed by atoms with Crippen LogP contribution >= 0.6 is 0 Å². The molecule has 0 unspecified atom stereocenters. The summed E-state index contributed by atoms with van der Waals surface area (Å²) < 4.78 is 0. The second-order valence-electron chi connectivity index (χ2n) is 5.04. The zero-order valence-electron chi connectivity index (χ0n) is 11.7. The molecule has 1 fully saturated rings. The molecule has 3 amide bonds. The van der Waals surface area contributed by atoms with Crippen molar-refractivity contribution in [2.24, 2.45) is 0 Å². The van der Waals surface area contributed by atoms with Crippen LogP contribution in [0.5, 0.6) is 0 Å². The highest BCUT2D eigenvalue weighted by Gasteiger charge is 2.32. The molecule has 0 N–H and O–H groups in total. The van der Waals surface area contributed by atoms with Crippen LogP contribution in [0, 0.1) is 0 Å². The highest BCUT2D eigenvalue weighted by atomic mass is 16.7. The number of hydroxylamine groups is 2. The van der Waals surface area contributed by atoms with Crippen LogP contribution < -0.4 is 0 Å². The van der Waals surface area contributed by atoms with Gasteiger partial charge in [0.25, 0.3) is 11.8 Å². The maximum absolute atomic E-state index is 11.5. The Morgan fingerprint density at radius 3 is 2.43 bits per heavy atom. The second-order valence-corrected chi connectivity index (χ2v) is 5.04. The van der Waals surface area contributed by atoms with E-state index in [0.717, 1.165) is 12.8 Å². The number of carbonyl (C=O) groups is 4. The van der Waals surface area contributed by atoms with Gasteiger partial charge in [-0.15, -0.1) is 5.06 Å². The van der Waals surface area contributed by atoms with Crippen LogP contribution in [0.25, 0.3) is 0 Å². The van der Waals surface area contributed by atoms with Gasteiger partial charge in [0.05, 0.1) is 0 Å². The molecular weight excluding hydrogens is 276 g/mol. The third-order valence-electron chi connectivity index (χ3n) is 3.41. The molecule has 2 rings (SSSR count). The van der Waals surface area contributed by atoms with Crippen LogP contribution in [0.3, 0.4) is 0 Å². The molecule has 114 valence electrons. The lowest BCUT2D eigenvalue weighted by Gasteiger charge is -2.15. The minimum atomic E-state index is -0.572. The van der Waals surface area contributed by atoms with Crippen molar-refractivity contribution < 1.29 is 24.0 Å². The van der Waals surface area contributed by atoms with E-state index in [2.05, 4.69) is 0 Å². The lowest BCUT2D eigenvalue weighted by Crippen LogP contribution is -2.32. The van der Waals surface area contributed by atoms with Crippen molar-refractivity contribution in [2.75, 3.05) is 13.1 Å². The monoisotopic (exact) mass is 294 g/mol. The Morgan fingerprint density at radius 1 is 1.10 bits per heavy atom. The first kappa shape index (κ1) is 15.2. The van der Waals surface area contributed by atoms with Crippen molar-refractivity contribution in [3.63, 3.8) is 0 Å². The van der Waals surface area contributed by atoms with Gasteiger partial charge in [-0.25, -0.2) is 4.79 Å². The van der Waals surface area contributed by atoms with Crippen LogP contribution in [0.2, 0.25) is 0 Å². The van der Waals surface area contributed by atoms with Crippen LogP contribution in [0.4, 0.5) is 0 Å². The molecular formula is C14H18N2O5. The van der Waals surface area contributed by atoms with Crippen LogP contribution in [-0.2, 0) is 24.0 Å². The number of hydrogen-bond acceptors (Lipinski definition) is 5. The zero-order chi connectivity index (χ0) is 15.2. The van der Waals surface area contributed by atoms with Crippen molar-refractivity contribution in [3.8, 4) is 0 Å². The third kappa shape index (κ3) is 4.14. The molecule has 2 heterocycles. The summed E-state index contributed by atoms with van der Waals surface area (Å²) >= 11 is 0. The van der Waals surface area contributed by atoms with E-state index in [1.807, 2.05) is 6.08 Å². The summed E-state index contributed by atoms with van der Waals surface area (Å²) in [5, 5.41) is 0.566. The zero-order valence-corrected chi connectivity index (χ0v) is 11.7. The lowest BCUT2D eigenvalue weighted by molar-refractivity contribution is -0.197. The first-order valence-electron chi connectivity index (χ1n) is 7.10. The van der Waals surface area contributed by atoms with Gasteiger partial charge in [-0.2, -0.15) is 0 Å². The van der Waals surface area contributed by atoms with E-state index in [0.29, 0.717) is 24.6 Å². The standard InChI is InChI=1S/C14H18N2O5/c17-11-5-4-10-15(11)9-3-1-2-6-14(20)21-16-12(18)7-8-13(16)19/h4-5H,1-3,6-10H2. The van der Waals surface area contributed by atoms with Gasteiger partial charge in [0.2, 0.25) is 5.91 Å². The van der Waals surface area contributed by atoms with Gasteiger partial charge in [0.1, 0.15) is 0 Å². The molecule has 0 spiro atoms. The Labute approximate surface area is 122 Å². The van der Waals surface area contributed by atoms with E-state index in [1.165, 1.54) is 0 Å². The van der Waals surface area contributed by atoms with Crippen molar-refractivity contribution in [1.82, 2.24) is 9.96 Å². The van der Waals surface area contributed by atoms with Crippen molar-refractivity contribution in [3.05, 3.63) is 12.2 Å². The molecule has 0 aromatic carbocycles. The smallest absolute Gasteiger partial charge is 0.333 e. The number of imide groups is 1. The number of hydrogen-bond donors (Lipinski definition) is 0. The lowest BCUT2D eigenvalue weighted by atomic mass is 10.2. The topological polar surface area (TPSA) is 84.0 Å². The Balaban J connectivity index is 1.56. The predicted octanol–water partition coefficient (Wildman–Crippen LogP) is 0.552. The fraction of sp³-hybridized carbons (Fsp3) is 0.571. The molecule has 0 bridgehead atoms. The molecule has 0 aromatic heterocycles. The van der Waals surface area contributed by atoms with Crippen LogP contribution in [0.15, 0.2) is 12.2 Å². The normalized spacial score (nSPS) is 18.0. The predicted molar refractivity (Wildman–Crippen MR) is 71.4 cm³/mol. The molecule has 0 aliphatic carbocycles. The molecule has 21 heavy (non-hydrogen) atoms. The molecule has 2 aliphatic rings. The van der Waals surface area contributed by atoms with Gasteiger partial charge in [0, 0.05) is 38.4 Å². The average molecular weight is 294 g/mol. The molecule has 0 radical (unpaired) electrons. The second kappa shape index (κ2) is 7.01. The molecule has 7 nitrogen and oxygen atoms in total. The first-order valence-corrected chi connectivity index (χ1v) is 7.10. The molecule has 0 aromatic rings. The summed E-state index contributed by atoms with van der Waals surface area (Å²) in [6.07, 6.45) is 5.93. The summed E-state index contributed by atoms with van der Waals surface area (Å²) in [6, 6.07) is 0.